The zero-order chi connectivity index (χ0) is 23.7. The van der Waals surface area contributed by atoms with E-state index in [0.29, 0.717) is 0 Å². The van der Waals surface area contributed by atoms with E-state index in [2.05, 4.69) is 0 Å². The van der Waals surface area contributed by atoms with Crippen molar-refractivity contribution in [3.8, 4) is 0 Å². The third-order valence-corrected chi connectivity index (χ3v) is 6.41. The van der Waals surface area contributed by atoms with Crippen LogP contribution in [0.3, 0.4) is 0 Å². The summed E-state index contributed by atoms with van der Waals surface area (Å²) in [6, 6.07) is -3.27. The van der Waals surface area contributed by atoms with E-state index in [1.165, 1.54) is 0 Å². The molecule has 15 N–H and O–H groups in total. The van der Waals surface area contributed by atoms with E-state index in [-0.39, 0.29) is 19.4 Å². The predicted molar refractivity (Wildman–Crippen MR) is 108 cm³/mol. The zero-order valence-corrected chi connectivity index (χ0v) is 17.7. The van der Waals surface area contributed by atoms with Crippen LogP contribution in [0.25, 0.3) is 0 Å². The molecule has 1 saturated carbocycles. The number of nitrogens with two attached hydrogens (primary N) is 5. The minimum atomic E-state index is -1.44. The van der Waals surface area contributed by atoms with Crippen LogP contribution in [0.15, 0.2) is 0 Å². The molecule has 0 aromatic rings. The van der Waals surface area contributed by atoms with Crippen molar-refractivity contribution in [1.82, 2.24) is 0 Å². The van der Waals surface area contributed by atoms with Gasteiger partial charge in [-0.05, 0) is 12.8 Å². The average Bonchev–Trinajstić information content (AvgIpc) is 2.75. The fourth-order valence-electron chi connectivity index (χ4n) is 4.43. The molecule has 188 valence electrons. The van der Waals surface area contributed by atoms with Crippen LogP contribution in [0.2, 0.25) is 0 Å². The zero-order valence-electron chi connectivity index (χ0n) is 17.7. The molecule has 2 heterocycles. The van der Waals surface area contributed by atoms with Crippen molar-refractivity contribution in [1.29, 1.82) is 0 Å². The van der Waals surface area contributed by atoms with E-state index in [9.17, 15) is 25.5 Å². The van der Waals surface area contributed by atoms with Gasteiger partial charge in [0.2, 0.25) is 0 Å². The molecule has 32 heavy (non-hydrogen) atoms. The smallest absolute Gasteiger partial charge is 0.186 e. The summed E-state index contributed by atoms with van der Waals surface area (Å²) in [5.74, 6) is 0. The summed E-state index contributed by atoms with van der Waals surface area (Å²) in [7, 11) is 0. The Labute approximate surface area is 185 Å². The van der Waals surface area contributed by atoms with Gasteiger partial charge in [-0.2, -0.15) is 0 Å². The van der Waals surface area contributed by atoms with Gasteiger partial charge in [0.05, 0.1) is 30.9 Å². The lowest BCUT2D eigenvalue weighted by Gasteiger charge is -2.47. The Morgan fingerprint density at radius 1 is 0.719 bits per heavy atom. The summed E-state index contributed by atoms with van der Waals surface area (Å²) in [6.07, 6.45) is -10.8. The first-order valence-corrected chi connectivity index (χ1v) is 10.8. The largest absolute Gasteiger partial charge is 0.394 e. The van der Waals surface area contributed by atoms with Gasteiger partial charge < -0.3 is 73.1 Å². The Bertz CT molecular complexity index is 607. The number of rotatable bonds is 6. The molecule has 8 unspecified atom stereocenters. The Morgan fingerprint density at radius 3 is 1.84 bits per heavy atom. The molecule has 14 heteroatoms. The van der Waals surface area contributed by atoms with Gasteiger partial charge in [0, 0.05) is 18.6 Å². The third kappa shape index (κ3) is 5.24. The summed E-state index contributed by atoms with van der Waals surface area (Å²) in [4.78, 5) is 0. The van der Waals surface area contributed by atoms with Gasteiger partial charge in [0.15, 0.2) is 12.6 Å². The highest BCUT2D eigenvalue weighted by Gasteiger charge is 2.50. The van der Waals surface area contributed by atoms with Gasteiger partial charge >= 0.3 is 0 Å². The number of ether oxygens (including phenoxy) is 4. The van der Waals surface area contributed by atoms with Gasteiger partial charge in [-0.3, -0.25) is 0 Å². The molecule has 1 aliphatic carbocycles. The molecule has 0 radical (unpaired) electrons. The van der Waals surface area contributed by atoms with Crippen LogP contribution in [-0.2, 0) is 18.9 Å². The summed E-state index contributed by atoms with van der Waals surface area (Å²) >= 11 is 0. The standard InChI is InChI=1S/C18H37N5O9/c19-3-9-8(25)2-7(22)17(29-9)31-15-5(20)1-6(21)16(14(15)28)32-18-13(27)11(23)12(26)10(4-24)30-18/h5-18,24-28H,1-4,19-23H2/t5-,6?,7+,8?,9+,10?,11?,12+,13?,14?,15?,16-,17?,18+/m0/s1. The highest BCUT2D eigenvalue weighted by atomic mass is 16.7. The summed E-state index contributed by atoms with van der Waals surface area (Å²) in [6.45, 7) is -0.499. The van der Waals surface area contributed by atoms with E-state index in [0.717, 1.165) is 0 Å². The Kier molecular flexibility index (Phi) is 8.79. The quantitative estimate of drug-likeness (QED) is 0.174. The number of aliphatic hydroxyl groups excluding tert-OH is 5. The number of hydrogen-bond donors (Lipinski definition) is 10. The lowest BCUT2D eigenvalue weighted by Crippen LogP contribution is -2.68. The fraction of sp³-hybridized carbons (Fsp3) is 1.00. The molecule has 0 aromatic carbocycles. The fourth-order valence-corrected chi connectivity index (χ4v) is 4.43. The minimum Gasteiger partial charge on any atom is -0.394 e. The van der Waals surface area contributed by atoms with Crippen molar-refractivity contribution in [3.05, 3.63) is 0 Å². The van der Waals surface area contributed by atoms with Crippen LogP contribution in [0.1, 0.15) is 12.8 Å². The summed E-state index contributed by atoms with van der Waals surface area (Å²) < 4.78 is 22.7. The normalized spacial score (nSPS) is 52.7. The lowest BCUT2D eigenvalue weighted by atomic mass is 9.84. The van der Waals surface area contributed by atoms with E-state index in [1.54, 1.807) is 0 Å². The van der Waals surface area contributed by atoms with Gasteiger partial charge in [-0.25, -0.2) is 0 Å². The Balaban J connectivity index is 1.70. The van der Waals surface area contributed by atoms with Crippen molar-refractivity contribution < 1.29 is 44.5 Å². The molecule has 14 atom stereocenters. The second-order valence-electron chi connectivity index (χ2n) is 8.78. The molecule has 0 amide bonds. The van der Waals surface area contributed by atoms with Crippen LogP contribution in [-0.4, -0.2) is 124 Å². The first-order valence-electron chi connectivity index (χ1n) is 10.8. The Morgan fingerprint density at radius 2 is 1.28 bits per heavy atom. The van der Waals surface area contributed by atoms with Crippen LogP contribution >= 0.6 is 0 Å². The lowest BCUT2D eigenvalue weighted by molar-refractivity contribution is -0.314. The molecule has 3 aliphatic rings. The maximum absolute atomic E-state index is 11.0. The van der Waals surface area contributed by atoms with Crippen LogP contribution < -0.4 is 28.7 Å². The van der Waals surface area contributed by atoms with Crippen molar-refractivity contribution in [3.63, 3.8) is 0 Å². The van der Waals surface area contributed by atoms with Crippen molar-refractivity contribution >= 4 is 0 Å². The van der Waals surface area contributed by atoms with Gasteiger partial charge in [-0.1, -0.05) is 0 Å². The monoisotopic (exact) mass is 467 g/mol. The number of hydrogen-bond acceptors (Lipinski definition) is 14. The van der Waals surface area contributed by atoms with E-state index in [1.807, 2.05) is 0 Å². The second-order valence-corrected chi connectivity index (χ2v) is 8.78. The molecular formula is C18H37N5O9. The van der Waals surface area contributed by atoms with Gasteiger partial charge in [0.1, 0.15) is 36.6 Å². The summed E-state index contributed by atoms with van der Waals surface area (Å²) in [5, 5.41) is 50.7. The van der Waals surface area contributed by atoms with Crippen LogP contribution in [0.4, 0.5) is 0 Å². The van der Waals surface area contributed by atoms with Crippen LogP contribution in [0.5, 0.6) is 0 Å². The van der Waals surface area contributed by atoms with Gasteiger partial charge in [-0.15, -0.1) is 0 Å². The third-order valence-electron chi connectivity index (χ3n) is 6.41. The van der Waals surface area contributed by atoms with E-state index >= 15 is 0 Å². The molecule has 2 aliphatic heterocycles. The van der Waals surface area contributed by atoms with Crippen LogP contribution in [0, 0.1) is 0 Å². The maximum Gasteiger partial charge on any atom is 0.186 e. The highest BCUT2D eigenvalue weighted by Crippen LogP contribution is 2.30. The molecule has 14 nitrogen and oxygen atoms in total. The molecule has 2 saturated heterocycles. The first kappa shape index (κ1) is 26.1. The Hall–Kier alpha value is -0.560. The molecular weight excluding hydrogens is 430 g/mol. The summed E-state index contributed by atoms with van der Waals surface area (Å²) in [5.41, 5.74) is 29.8. The maximum atomic E-state index is 11.0. The van der Waals surface area contributed by atoms with E-state index in [4.69, 9.17) is 47.6 Å². The average molecular weight is 468 g/mol. The molecule has 3 rings (SSSR count). The van der Waals surface area contributed by atoms with Crippen molar-refractivity contribution in [2.24, 2.45) is 28.7 Å². The highest BCUT2D eigenvalue weighted by molar-refractivity contribution is 5.01. The van der Waals surface area contributed by atoms with Crippen molar-refractivity contribution in [2.45, 2.75) is 98.4 Å². The molecule has 0 spiro atoms. The minimum absolute atomic E-state index is 0.0542. The van der Waals surface area contributed by atoms with Crippen molar-refractivity contribution in [2.75, 3.05) is 13.2 Å². The second kappa shape index (κ2) is 10.8. The topological polar surface area (TPSA) is 268 Å². The van der Waals surface area contributed by atoms with Gasteiger partial charge in [0.25, 0.3) is 0 Å². The van der Waals surface area contributed by atoms with E-state index < -0.39 is 92.2 Å². The molecule has 3 fully saturated rings. The molecule has 0 bridgehead atoms. The predicted octanol–water partition coefficient (Wildman–Crippen LogP) is -6.30. The number of aliphatic hydroxyl groups is 5. The SMILES string of the molecule is NC[C@H]1OC(OC2C(O)[C@@H](O[C@H]3OC(CO)[C@@H](O)C(N)C3O)C(N)C[C@@H]2N)[C@H](N)CC1O. The first-order chi connectivity index (χ1) is 15.1. The molecule has 0 aromatic heterocycles.